The van der Waals surface area contributed by atoms with Gasteiger partial charge in [0.25, 0.3) is 0 Å². The molecule has 0 aromatic carbocycles. The van der Waals surface area contributed by atoms with Crippen LogP contribution in [-0.2, 0) is 0 Å². The molecule has 0 spiro atoms. The van der Waals surface area contributed by atoms with Crippen molar-refractivity contribution in [2.75, 3.05) is 6.54 Å². The van der Waals surface area contributed by atoms with Crippen molar-refractivity contribution in [2.45, 2.75) is 25.3 Å². The molecule has 0 bridgehead atoms. The summed E-state index contributed by atoms with van der Waals surface area (Å²) in [6.45, 7) is 1.10. The summed E-state index contributed by atoms with van der Waals surface area (Å²) in [5.41, 5.74) is 1.19. The Morgan fingerprint density at radius 2 is 2.38 bits per heavy atom. The van der Waals surface area contributed by atoms with Gasteiger partial charge >= 0.3 is 0 Å². The molecule has 1 saturated heterocycles. The molecular weight excluding hydrogens is 184 g/mol. The molecule has 70 valence electrons. The van der Waals surface area contributed by atoms with E-state index in [0.717, 1.165) is 11.6 Å². The lowest BCUT2D eigenvalue weighted by Gasteiger charge is -2.24. The molecule has 13 heavy (non-hydrogen) atoms. The van der Waals surface area contributed by atoms with E-state index in [4.69, 9.17) is 11.6 Å². The molecule has 0 unspecified atom stereocenters. The lowest BCUT2D eigenvalue weighted by molar-refractivity contribution is 0.412. The van der Waals surface area contributed by atoms with Crippen LogP contribution in [0.4, 0.5) is 0 Å². The predicted molar refractivity (Wildman–Crippen MR) is 53.8 cm³/mol. The van der Waals surface area contributed by atoms with Gasteiger partial charge in [0.2, 0.25) is 0 Å². The molecule has 2 rings (SSSR count). The molecule has 0 saturated carbocycles. The van der Waals surface area contributed by atoms with Crippen LogP contribution in [0.3, 0.4) is 0 Å². The van der Waals surface area contributed by atoms with Crippen molar-refractivity contribution in [1.82, 2.24) is 10.3 Å². The van der Waals surface area contributed by atoms with E-state index >= 15 is 0 Å². The molecule has 0 aliphatic carbocycles. The van der Waals surface area contributed by atoms with Gasteiger partial charge in [0, 0.05) is 18.4 Å². The summed E-state index contributed by atoms with van der Waals surface area (Å²) in [6.07, 6.45) is 7.27. The van der Waals surface area contributed by atoms with Crippen molar-refractivity contribution in [3.05, 3.63) is 29.0 Å². The summed E-state index contributed by atoms with van der Waals surface area (Å²) < 4.78 is 0. The second kappa shape index (κ2) is 4.07. The number of nitrogens with zero attached hydrogens (tertiary/aromatic N) is 1. The summed E-state index contributed by atoms with van der Waals surface area (Å²) >= 11 is 6.06. The lowest BCUT2D eigenvalue weighted by atomic mass is 9.98. The van der Waals surface area contributed by atoms with Crippen molar-refractivity contribution >= 4 is 11.6 Å². The van der Waals surface area contributed by atoms with Crippen LogP contribution in [0.15, 0.2) is 18.5 Å². The van der Waals surface area contributed by atoms with Gasteiger partial charge in [0.1, 0.15) is 0 Å². The predicted octanol–water partition coefficient (Wildman–Crippen LogP) is 2.55. The van der Waals surface area contributed by atoms with E-state index in [1.165, 1.54) is 24.8 Å². The number of nitrogens with one attached hydrogen (secondary N) is 1. The summed E-state index contributed by atoms with van der Waals surface area (Å²) in [5.74, 6) is 0. The molecule has 2 heterocycles. The monoisotopic (exact) mass is 196 g/mol. The van der Waals surface area contributed by atoms with Gasteiger partial charge in [-0.05, 0) is 31.0 Å². The number of hydrogen-bond donors (Lipinski definition) is 1. The van der Waals surface area contributed by atoms with Crippen LogP contribution in [0.1, 0.15) is 30.9 Å². The highest BCUT2D eigenvalue weighted by Gasteiger charge is 2.16. The highest BCUT2D eigenvalue weighted by atomic mass is 35.5. The molecule has 0 amide bonds. The maximum Gasteiger partial charge on any atom is 0.0637 e. The first kappa shape index (κ1) is 8.97. The Bertz CT molecular complexity index is 282. The normalized spacial score (nSPS) is 23.0. The Kier molecular flexibility index (Phi) is 2.81. The Morgan fingerprint density at radius 3 is 3.08 bits per heavy atom. The maximum atomic E-state index is 6.06. The number of aromatic nitrogens is 1. The second-order valence-electron chi connectivity index (χ2n) is 3.40. The first-order valence-corrected chi connectivity index (χ1v) is 5.08. The van der Waals surface area contributed by atoms with E-state index in [1.54, 1.807) is 12.4 Å². The van der Waals surface area contributed by atoms with Gasteiger partial charge in [-0.1, -0.05) is 18.0 Å². The van der Waals surface area contributed by atoms with Crippen molar-refractivity contribution < 1.29 is 0 Å². The van der Waals surface area contributed by atoms with Gasteiger partial charge in [0.15, 0.2) is 0 Å². The number of rotatable bonds is 1. The van der Waals surface area contributed by atoms with Crippen molar-refractivity contribution in [2.24, 2.45) is 0 Å². The first-order valence-electron chi connectivity index (χ1n) is 4.71. The zero-order valence-corrected chi connectivity index (χ0v) is 8.22. The maximum absolute atomic E-state index is 6.06. The van der Waals surface area contributed by atoms with E-state index in [2.05, 4.69) is 10.3 Å². The van der Waals surface area contributed by atoms with Gasteiger partial charge in [-0.3, -0.25) is 4.98 Å². The van der Waals surface area contributed by atoms with Crippen molar-refractivity contribution in [3.63, 3.8) is 0 Å². The summed E-state index contributed by atoms with van der Waals surface area (Å²) in [5, 5.41) is 4.24. The molecule has 1 aromatic rings. The Labute approximate surface area is 83.3 Å². The second-order valence-corrected chi connectivity index (χ2v) is 3.81. The van der Waals surface area contributed by atoms with Crippen LogP contribution >= 0.6 is 11.6 Å². The fraction of sp³-hybridized carbons (Fsp3) is 0.500. The number of pyridine rings is 1. The van der Waals surface area contributed by atoms with Gasteiger partial charge in [-0.15, -0.1) is 0 Å². The Morgan fingerprint density at radius 1 is 1.46 bits per heavy atom. The topological polar surface area (TPSA) is 24.9 Å². The molecule has 0 radical (unpaired) electrons. The average molecular weight is 197 g/mol. The Balaban J connectivity index is 2.18. The number of halogens is 1. The highest BCUT2D eigenvalue weighted by molar-refractivity contribution is 6.31. The Hall–Kier alpha value is -0.600. The highest BCUT2D eigenvalue weighted by Crippen LogP contribution is 2.27. The quantitative estimate of drug-likeness (QED) is 0.747. The molecule has 1 N–H and O–H groups in total. The molecule has 2 nitrogen and oxygen atoms in total. The molecule has 1 aromatic heterocycles. The van der Waals surface area contributed by atoms with Crippen LogP contribution in [0.5, 0.6) is 0 Å². The minimum absolute atomic E-state index is 0.434. The van der Waals surface area contributed by atoms with E-state index in [0.29, 0.717) is 6.04 Å². The van der Waals surface area contributed by atoms with E-state index in [1.807, 2.05) is 6.07 Å². The van der Waals surface area contributed by atoms with E-state index < -0.39 is 0 Å². The van der Waals surface area contributed by atoms with Gasteiger partial charge in [0.05, 0.1) is 5.02 Å². The molecule has 1 aliphatic rings. The fourth-order valence-corrected chi connectivity index (χ4v) is 2.04. The molecule has 1 atom stereocenters. The number of piperidine rings is 1. The van der Waals surface area contributed by atoms with Crippen LogP contribution in [0.25, 0.3) is 0 Å². The summed E-state index contributed by atoms with van der Waals surface area (Å²) in [7, 11) is 0. The average Bonchev–Trinajstić information content (AvgIpc) is 2.20. The van der Waals surface area contributed by atoms with Crippen LogP contribution in [0, 0.1) is 0 Å². The smallest absolute Gasteiger partial charge is 0.0637 e. The molecule has 1 fully saturated rings. The van der Waals surface area contributed by atoms with Gasteiger partial charge in [-0.25, -0.2) is 0 Å². The summed E-state index contributed by atoms with van der Waals surface area (Å²) in [6, 6.07) is 2.44. The van der Waals surface area contributed by atoms with Crippen LogP contribution in [0.2, 0.25) is 5.02 Å². The van der Waals surface area contributed by atoms with Gasteiger partial charge in [-0.2, -0.15) is 0 Å². The third-order valence-corrected chi connectivity index (χ3v) is 2.81. The molecule has 3 heteroatoms. The number of hydrogen-bond acceptors (Lipinski definition) is 2. The summed E-state index contributed by atoms with van der Waals surface area (Å²) in [4.78, 5) is 3.98. The SMILES string of the molecule is Clc1cnccc1[C@H]1CCCCN1. The van der Waals surface area contributed by atoms with Crippen molar-refractivity contribution in [3.8, 4) is 0 Å². The zero-order chi connectivity index (χ0) is 9.10. The minimum atomic E-state index is 0.434. The zero-order valence-electron chi connectivity index (χ0n) is 7.46. The standard InChI is InChI=1S/C10H13ClN2/c11-9-7-12-6-4-8(9)10-3-1-2-5-13-10/h4,6-7,10,13H,1-3,5H2/t10-/m1/s1. The molecular formula is C10H13ClN2. The van der Waals surface area contributed by atoms with Crippen LogP contribution < -0.4 is 5.32 Å². The van der Waals surface area contributed by atoms with E-state index in [-0.39, 0.29) is 0 Å². The van der Waals surface area contributed by atoms with Gasteiger partial charge < -0.3 is 5.32 Å². The third-order valence-electron chi connectivity index (χ3n) is 2.49. The van der Waals surface area contributed by atoms with Crippen LogP contribution in [-0.4, -0.2) is 11.5 Å². The lowest BCUT2D eigenvalue weighted by Crippen LogP contribution is -2.26. The van der Waals surface area contributed by atoms with Crippen molar-refractivity contribution in [1.29, 1.82) is 0 Å². The fourth-order valence-electron chi connectivity index (χ4n) is 1.79. The largest absolute Gasteiger partial charge is 0.310 e. The first-order chi connectivity index (χ1) is 6.38. The van der Waals surface area contributed by atoms with E-state index in [9.17, 15) is 0 Å². The minimum Gasteiger partial charge on any atom is -0.310 e. The third kappa shape index (κ3) is 2.01. The molecule has 1 aliphatic heterocycles.